The van der Waals surface area contributed by atoms with Gasteiger partial charge in [0, 0.05) is 6.42 Å². The molecule has 1 fully saturated rings. The molecule has 9 nitrogen and oxygen atoms in total. The van der Waals surface area contributed by atoms with Gasteiger partial charge in [-0.2, -0.15) is 0 Å². The van der Waals surface area contributed by atoms with Crippen molar-refractivity contribution in [3.05, 3.63) is 122 Å². The van der Waals surface area contributed by atoms with E-state index < -0.39 is 49.5 Å². The van der Waals surface area contributed by atoms with Crippen molar-refractivity contribution < 1.29 is 39.8 Å². The summed E-state index contributed by atoms with van der Waals surface area (Å²) in [5.41, 5.74) is 0. The molecule has 0 aliphatic carbocycles. The van der Waals surface area contributed by atoms with Gasteiger partial charge in [0.1, 0.15) is 24.4 Å². The lowest BCUT2D eigenvalue weighted by Crippen LogP contribution is -2.60. The predicted octanol–water partition coefficient (Wildman–Crippen LogP) is 12.8. The third kappa shape index (κ3) is 36.6. The van der Waals surface area contributed by atoms with E-state index in [0.29, 0.717) is 6.42 Å². The summed E-state index contributed by atoms with van der Waals surface area (Å²) in [4.78, 5) is 12.9. The minimum atomic E-state index is -1.57. The van der Waals surface area contributed by atoms with E-state index in [0.717, 1.165) is 109 Å². The van der Waals surface area contributed by atoms with E-state index in [-0.39, 0.29) is 12.5 Å². The second-order valence-electron chi connectivity index (χ2n) is 17.9. The van der Waals surface area contributed by atoms with Crippen LogP contribution in [0.3, 0.4) is 0 Å². The lowest BCUT2D eigenvalue weighted by molar-refractivity contribution is -0.302. The summed E-state index contributed by atoms with van der Waals surface area (Å²) < 4.78 is 11.2. The fourth-order valence-electron chi connectivity index (χ4n) is 7.56. The normalized spacial score (nSPS) is 20.6. The van der Waals surface area contributed by atoms with Gasteiger partial charge in [0.2, 0.25) is 5.91 Å². The number of carbonyl (C=O) groups excluding carboxylic acids is 1. The number of aliphatic hydroxyl groups is 5. The van der Waals surface area contributed by atoms with Gasteiger partial charge in [-0.25, -0.2) is 0 Å². The molecule has 68 heavy (non-hydrogen) atoms. The van der Waals surface area contributed by atoms with Gasteiger partial charge in [-0.15, -0.1) is 0 Å². The minimum absolute atomic E-state index is 0.193. The third-order valence-corrected chi connectivity index (χ3v) is 11.8. The van der Waals surface area contributed by atoms with Crippen LogP contribution in [-0.4, -0.2) is 87.5 Å². The lowest BCUT2D eigenvalue weighted by Gasteiger charge is -2.40. The summed E-state index contributed by atoms with van der Waals surface area (Å²) in [6.45, 7) is 3.59. The zero-order valence-electron chi connectivity index (χ0n) is 42.6. The third-order valence-electron chi connectivity index (χ3n) is 11.8. The van der Waals surface area contributed by atoms with Gasteiger partial charge in [-0.05, 0) is 89.9 Å². The number of nitrogens with one attached hydrogen (secondary N) is 1. The van der Waals surface area contributed by atoms with Gasteiger partial charge >= 0.3 is 0 Å². The molecular weight excluding hydrogens is 851 g/mol. The number of hydrogen-bond acceptors (Lipinski definition) is 8. The molecule has 7 unspecified atom stereocenters. The number of unbranched alkanes of at least 4 members (excludes halogenated alkanes) is 15. The molecule has 1 saturated heterocycles. The first-order valence-electron chi connectivity index (χ1n) is 26.8. The summed E-state index contributed by atoms with van der Waals surface area (Å²) in [6.07, 6.45) is 64.2. The first-order valence-corrected chi connectivity index (χ1v) is 26.8. The van der Waals surface area contributed by atoms with Crippen LogP contribution in [0.4, 0.5) is 0 Å². The van der Waals surface area contributed by atoms with Gasteiger partial charge in [-0.1, -0.05) is 212 Å². The van der Waals surface area contributed by atoms with Crippen LogP contribution >= 0.6 is 0 Å². The highest BCUT2D eigenvalue weighted by Gasteiger charge is 2.44. The Kier molecular flexibility index (Phi) is 43.5. The van der Waals surface area contributed by atoms with Gasteiger partial charge in [-0.3, -0.25) is 4.79 Å². The van der Waals surface area contributed by atoms with E-state index in [9.17, 15) is 30.3 Å². The number of rotatable bonds is 43. The standard InChI is InChI=1S/C59H97NO8/c1-3-5-7-9-11-13-14-15-16-17-18-19-20-21-22-23-24-25-26-27-28-29-30-31-32-33-34-35-36-37-38-39-40-41-43-45-47-49-55(63)60-52(53(62)48-46-44-42-12-10-8-6-4-2)51-67-59-58(66)57(65)56(64)54(50-61)68-59/h5,7,11,13,15-16,18-19,21-22,24-25,27-28,30-31,33-34,46,48,52-54,56-59,61-62,64-66H,3-4,6,8-10,12,14,17,20,23,26,29,32,35-45,47,49-51H2,1-2H3,(H,60,63)/b7-5-,13-11-,16-15-,19-18-,22-21-,25-24-,28-27-,31-30-,34-33-,48-46+. The lowest BCUT2D eigenvalue weighted by atomic mass is 9.99. The molecular formula is C59H97NO8. The molecule has 0 radical (unpaired) electrons. The Hall–Kier alpha value is -3.41. The van der Waals surface area contributed by atoms with E-state index >= 15 is 0 Å². The van der Waals surface area contributed by atoms with Crippen LogP contribution in [0.1, 0.15) is 187 Å². The molecule has 9 heteroatoms. The van der Waals surface area contributed by atoms with E-state index in [4.69, 9.17) is 9.47 Å². The molecule has 386 valence electrons. The molecule has 0 aromatic carbocycles. The van der Waals surface area contributed by atoms with Crippen molar-refractivity contribution in [2.24, 2.45) is 0 Å². The molecule has 0 saturated carbocycles. The SMILES string of the molecule is CC/C=C\C/C=C\C/C=C\C/C=C\C/C=C\C/C=C\C/C=C\C/C=C\C/C=C\CCCCCCCCCCCC(=O)NC(COC1OC(CO)C(O)C(O)C1O)C(O)/C=C/CCCCCCCC. The number of aliphatic hydroxyl groups excluding tert-OH is 5. The summed E-state index contributed by atoms with van der Waals surface area (Å²) in [5.74, 6) is -0.193. The largest absolute Gasteiger partial charge is 0.394 e. The van der Waals surface area contributed by atoms with Gasteiger partial charge in [0.05, 0.1) is 25.4 Å². The zero-order chi connectivity index (χ0) is 49.4. The summed E-state index contributed by atoms with van der Waals surface area (Å²) in [6, 6.07) is -0.813. The molecule has 0 aromatic rings. The number of ether oxygens (including phenoxy) is 2. The number of hydrogen-bond donors (Lipinski definition) is 6. The second-order valence-corrected chi connectivity index (χ2v) is 17.9. The summed E-state index contributed by atoms with van der Waals surface area (Å²) in [7, 11) is 0. The zero-order valence-corrected chi connectivity index (χ0v) is 42.6. The maximum Gasteiger partial charge on any atom is 0.220 e. The fraction of sp³-hybridized carbons (Fsp3) is 0.644. The van der Waals surface area contributed by atoms with Crippen LogP contribution in [0.15, 0.2) is 122 Å². The number of allylic oxidation sites excluding steroid dienone is 19. The van der Waals surface area contributed by atoms with Crippen LogP contribution in [0.25, 0.3) is 0 Å². The van der Waals surface area contributed by atoms with Crippen LogP contribution in [0.5, 0.6) is 0 Å². The molecule has 0 bridgehead atoms. The Labute approximate surface area is 414 Å². The van der Waals surface area contributed by atoms with Crippen LogP contribution in [-0.2, 0) is 14.3 Å². The predicted molar refractivity (Wildman–Crippen MR) is 285 cm³/mol. The number of amides is 1. The van der Waals surface area contributed by atoms with E-state index in [1.807, 2.05) is 6.08 Å². The van der Waals surface area contributed by atoms with Crippen LogP contribution in [0.2, 0.25) is 0 Å². The molecule has 1 heterocycles. The van der Waals surface area contributed by atoms with Crippen molar-refractivity contribution in [1.29, 1.82) is 0 Å². The molecule has 1 aliphatic rings. The minimum Gasteiger partial charge on any atom is -0.394 e. The fourth-order valence-corrected chi connectivity index (χ4v) is 7.56. The van der Waals surface area contributed by atoms with Crippen molar-refractivity contribution in [1.82, 2.24) is 5.32 Å². The highest BCUT2D eigenvalue weighted by atomic mass is 16.7. The van der Waals surface area contributed by atoms with E-state index in [2.05, 4.69) is 129 Å². The van der Waals surface area contributed by atoms with E-state index in [1.165, 1.54) is 57.8 Å². The average Bonchev–Trinajstić information content (AvgIpc) is 3.34. The first kappa shape index (κ1) is 62.6. The molecule has 1 rings (SSSR count). The molecule has 6 N–H and O–H groups in total. The van der Waals surface area contributed by atoms with Crippen LogP contribution in [0, 0.1) is 0 Å². The van der Waals surface area contributed by atoms with Crippen molar-refractivity contribution >= 4 is 5.91 Å². The van der Waals surface area contributed by atoms with Crippen molar-refractivity contribution in [3.8, 4) is 0 Å². The van der Waals surface area contributed by atoms with Gasteiger partial charge < -0.3 is 40.3 Å². The monoisotopic (exact) mass is 948 g/mol. The van der Waals surface area contributed by atoms with Gasteiger partial charge in [0.25, 0.3) is 0 Å². The molecule has 1 amide bonds. The Morgan fingerprint density at radius 2 is 0.912 bits per heavy atom. The summed E-state index contributed by atoms with van der Waals surface area (Å²) in [5, 5.41) is 54.1. The summed E-state index contributed by atoms with van der Waals surface area (Å²) >= 11 is 0. The highest BCUT2D eigenvalue weighted by Crippen LogP contribution is 2.22. The molecule has 1 aliphatic heterocycles. The smallest absolute Gasteiger partial charge is 0.220 e. The maximum absolute atomic E-state index is 12.9. The number of carbonyl (C=O) groups is 1. The Bertz CT molecular complexity index is 1470. The van der Waals surface area contributed by atoms with E-state index in [1.54, 1.807) is 6.08 Å². The first-order chi connectivity index (χ1) is 33.3. The Morgan fingerprint density at radius 1 is 0.515 bits per heavy atom. The Morgan fingerprint density at radius 3 is 1.35 bits per heavy atom. The van der Waals surface area contributed by atoms with Crippen molar-refractivity contribution in [2.75, 3.05) is 13.2 Å². The topological polar surface area (TPSA) is 149 Å². The van der Waals surface area contributed by atoms with Gasteiger partial charge in [0.15, 0.2) is 6.29 Å². The maximum atomic E-state index is 12.9. The molecule has 0 aromatic heterocycles. The van der Waals surface area contributed by atoms with Crippen molar-refractivity contribution in [3.63, 3.8) is 0 Å². The second kappa shape index (κ2) is 47.3. The quantitative estimate of drug-likeness (QED) is 0.0261. The van der Waals surface area contributed by atoms with Crippen molar-refractivity contribution in [2.45, 2.75) is 230 Å². The Balaban J connectivity index is 2.13. The highest BCUT2D eigenvalue weighted by molar-refractivity contribution is 5.76. The van der Waals surface area contributed by atoms with Crippen LogP contribution < -0.4 is 5.32 Å². The molecule has 0 spiro atoms. The molecule has 7 atom stereocenters. The average molecular weight is 948 g/mol.